The highest BCUT2D eigenvalue weighted by Crippen LogP contribution is 2.21. The zero-order valence-corrected chi connectivity index (χ0v) is 12.7. The van der Waals surface area contributed by atoms with Gasteiger partial charge in [-0.1, -0.05) is 6.07 Å². The Kier molecular flexibility index (Phi) is 5.56. The van der Waals surface area contributed by atoms with E-state index < -0.39 is 0 Å². The number of hydrogen-bond donors (Lipinski definition) is 1. The second-order valence-corrected chi connectivity index (χ2v) is 5.43. The Morgan fingerprint density at radius 2 is 2.10 bits per heavy atom. The molecule has 21 heavy (non-hydrogen) atoms. The van der Waals surface area contributed by atoms with Gasteiger partial charge in [0, 0.05) is 30.8 Å². The standard InChI is InChI=1S/C16H23FN2O2/c1-12(14-7-6-13(21-2)10-15(14)17)18-11-16(20)19-8-4-3-5-9-19/h6-7,10,12,18H,3-5,8-9,11H2,1-2H3. The molecule has 1 N–H and O–H groups in total. The normalized spacial score (nSPS) is 16.6. The van der Waals surface area contributed by atoms with Gasteiger partial charge in [0.2, 0.25) is 5.91 Å². The summed E-state index contributed by atoms with van der Waals surface area (Å²) in [5.41, 5.74) is 0.544. The molecule has 5 heteroatoms. The highest BCUT2D eigenvalue weighted by Gasteiger charge is 2.18. The van der Waals surface area contributed by atoms with Crippen LogP contribution in [0.2, 0.25) is 0 Å². The number of ether oxygens (including phenoxy) is 1. The maximum Gasteiger partial charge on any atom is 0.236 e. The fraction of sp³-hybridized carbons (Fsp3) is 0.562. The van der Waals surface area contributed by atoms with Crippen molar-refractivity contribution < 1.29 is 13.9 Å². The largest absolute Gasteiger partial charge is 0.497 e. The topological polar surface area (TPSA) is 41.6 Å². The summed E-state index contributed by atoms with van der Waals surface area (Å²) in [6, 6.07) is 4.56. The lowest BCUT2D eigenvalue weighted by Gasteiger charge is -2.27. The van der Waals surface area contributed by atoms with Crippen LogP contribution in [0.3, 0.4) is 0 Å². The molecule has 2 rings (SSSR count). The van der Waals surface area contributed by atoms with Crippen LogP contribution in [0.5, 0.6) is 5.75 Å². The van der Waals surface area contributed by atoms with Crippen LogP contribution in [-0.4, -0.2) is 37.6 Å². The Hall–Kier alpha value is -1.62. The second kappa shape index (κ2) is 7.41. The molecule has 1 fully saturated rings. The van der Waals surface area contributed by atoms with Gasteiger partial charge in [0.15, 0.2) is 0 Å². The molecular weight excluding hydrogens is 271 g/mol. The molecule has 1 atom stereocenters. The first kappa shape index (κ1) is 15.8. The van der Waals surface area contributed by atoms with Crippen LogP contribution in [0.4, 0.5) is 4.39 Å². The number of benzene rings is 1. The molecule has 116 valence electrons. The fourth-order valence-electron chi connectivity index (χ4n) is 2.59. The molecule has 1 unspecified atom stereocenters. The Morgan fingerprint density at radius 3 is 2.71 bits per heavy atom. The summed E-state index contributed by atoms with van der Waals surface area (Å²) >= 11 is 0. The van der Waals surface area contributed by atoms with Crippen molar-refractivity contribution in [3.63, 3.8) is 0 Å². The molecule has 1 amide bonds. The van der Waals surface area contributed by atoms with E-state index in [1.54, 1.807) is 12.1 Å². The molecule has 0 radical (unpaired) electrons. The van der Waals surface area contributed by atoms with Crippen LogP contribution >= 0.6 is 0 Å². The Balaban J connectivity index is 1.89. The maximum atomic E-state index is 14.0. The summed E-state index contributed by atoms with van der Waals surface area (Å²) in [6.45, 7) is 3.78. The van der Waals surface area contributed by atoms with Crippen LogP contribution in [0, 0.1) is 5.82 Å². The molecule has 1 aromatic carbocycles. The smallest absolute Gasteiger partial charge is 0.236 e. The number of nitrogens with zero attached hydrogens (tertiary/aromatic N) is 1. The van der Waals surface area contributed by atoms with Crippen molar-refractivity contribution in [3.05, 3.63) is 29.6 Å². The summed E-state index contributed by atoms with van der Waals surface area (Å²) in [4.78, 5) is 14.0. The van der Waals surface area contributed by atoms with Crippen LogP contribution in [0.25, 0.3) is 0 Å². The first-order valence-electron chi connectivity index (χ1n) is 7.46. The number of nitrogens with one attached hydrogen (secondary N) is 1. The van der Waals surface area contributed by atoms with Crippen molar-refractivity contribution in [2.45, 2.75) is 32.2 Å². The van der Waals surface area contributed by atoms with Crippen LogP contribution in [0.1, 0.15) is 37.8 Å². The third-order valence-corrected chi connectivity index (χ3v) is 3.94. The summed E-state index contributed by atoms with van der Waals surface area (Å²) in [7, 11) is 1.51. The quantitative estimate of drug-likeness (QED) is 0.907. The van der Waals surface area contributed by atoms with Gasteiger partial charge in [0.25, 0.3) is 0 Å². The van der Waals surface area contributed by atoms with E-state index in [0.717, 1.165) is 25.9 Å². The summed E-state index contributed by atoms with van der Waals surface area (Å²) < 4.78 is 18.9. The summed E-state index contributed by atoms with van der Waals surface area (Å²) in [5, 5.41) is 3.10. The minimum absolute atomic E-state index is 0.0930. The molecule has 0 spiro atoms. The van der Waals surface area contributed by atoms with Crippen molar-refractivity contribution >= 4 is 5.91 Å². The highest BCUT2D eigenvalue weighted by molar-refractivity contribution is 5.78. The second-order valence-electron chi connectivity index (χ2n) is 5.43. The Bertz CT molecular complexity index is 487. The molecule has 0 bridgehead atoms. The van der Waals surface area contributed by atoms with E-state index in [2.05, 4.69) is 5.32 Å². The molecule has 0 aromatic heterocycles. The third-order valence-electron chi connectivity index (χ3n) is 3.94. The van der Waals surface area contributed by atoms with Gasteiger partial charge in [0.05, 0.1) is 13.7 Å². The van der Waals surface area contributed by atoms with E-state index >= 15 is 0 Å². The molecule has 0 aliphatic carbocycles. The molecule has 1 aliphatic rings. The predicted octanol–water partition coefficient (Wildman–Crippen LogP) is 2.50. The number of methoxy groups -OCH3 is 1. The minimum Gasteiger partial charge on any atom is -0.497 e. The van der Waals surface area contributed by atoms with Crippen LogP contribution in [-0.2, 0) is 4.79 Å². The third kappa shape index (κ3) is 4.17. The maximum absolute atomic E-state index is 14.0. The molecule has 1 aromatic rings. The van der Waals surface area contributed by atoms with E-state index in [9.17, 15) is 9.18 Å². The summed E-state index contributed by atoms with van der Waals surface area (Å²) in [5.74, 6) is 0.267. The zero-order chi connectivity index (χ0) is 15.2. The van der Waals surface area contributed by atoms with Gasteiger partial charge >= 0.3 is 0 Å². The average Bonchev–Trinajstić information content (AvgIpc) is 2.52. The van der Waals surface area contributed by atoms with Gasteiger partial charge in [-0.15, -0.1) is 0 Å². The first-order chi connectivity index (χ1) is 10.1. The number of amides is 1. The van der Waals surface area contributed by atoms with Crippen molar-refractivity contribution in [3.8, 4) is 5.75 Å². The van der Waals surface area contributed by atoms with Crippen molar-refractivity contribution in [2.75, 3.05) is 26.7 Å². The van der Waals surface area contributed by atoms with Crippen molar-refractivity contribution in [2.24, 2.45) is 0 Å². The number of carbonyl (C=O) groups is 1. The summed E-state index contributed by atoms with van der Waals surface area (Å²) in [6.07, 6.45) is 3.35. The van der Waals surface area contributed by atoms with Crippen LogP contribution in [0.15, 0.2) is 18.2 Å². The van der Waals surface area contributed by atoms with Crippen molar-refractivity contribution in [1.82, 2.24) is 10.2 Å². The number of hydrogen-bond acceptors (Lipinski definition) is 3. The Labute approximate surface area is 125 Å². The van der Waals surface area contributed by atoms with Gasteiger partial charge in [-0.05, 0) is 32.3 Å². The minimum atomic E-state index is -0.320. The molecule has 1 saturated heterocycles. The van der Waals surface area contributed by atoms with Crippen LogP contribution < -0.4 is 10.1 Å². The zero-order valence-electron chi connectivity index (χ0n) is 12.7. The lowest BCUT2D eigenvalue weighted by Crippen LogP contribution is -2.41. The Morgan fingerprint density at radius 1 is 1.38 bits per heavy atom. The van der Waals surface area contributed by atoms with Gasteiger partial charge in [-0.25, -0.2) is 4.39 Å². The lowest BCUT2D eigenvalue weighted by atomic mass is 10.1. The van der Waals surface area contributed by atoms with E-state index in [4.69, 9.17) is 4.74 Å². The van der Waals surface area contributed by atoms with Gasteiger partial charge in [0.1, 0.15) is 11.6 Å². The highest BCUT2D eigenvalue weighted by atomic mass is 19.1. The van der Waals surface area contributed by atoms with E-state index in [0.29, 0.717) is 11.3 Å². The lowest BCUT2D eigenvalue weighted by molar-refractivity contribution is -0.131. The van der Waals surface area contributed by atoms with Gasteiger partial charge in [-0.2, -0.15) is 0 Å². The molecule has 1 aliphatic heterocycles. The molecule has 0 saturated carbocycles. The van der Waals surface area contributed by atoms with E-state index in [1.165, 1.54) is 19.6 Å². The van der Waals surface area contributed by atoms with E-state index in [-0.39, 0.29) is 24.3 Å². The number of halogens is 1. The molecule has 1 heterocycles. The molecule has 4 nitrogen and oxygen atoms in total. The van der Waals surface area contributed by atoms with Gasteiger partial charge < -0.3 is 15.0 Å². The number of carbonyl (C=O) groups excluding carboxylic acids is 1. The number of piperidine rings is 1. The van der Waals surface area contributed by atoms with Gasteiger partial charge in [-0.3, -0.25) is 4.79 Å². The fourth-order valence-corrected chi connectivity index (χ4v) is 2.59. The van der Waals surface area contributed by atoms with E-state index in [1.807, 2.05) is 11.8 Å². The monoisotopic (exact) mass is 294 g/mol. The van der Waals surface area contributed by atoms with Crippen molar-refractivity contribution in [1.29, 1.82) is 0 Å². The number of likely N-dealkylation sites (tertiary alicyclic amines) is 1. The molecular formula is C16H23FN2O2. The predicted molar refractivity (Wildman–Crippen MR) is 79.8 cm³/mol. The number of rotatable bonds is 5. The first-order valence-corrected chi connectivity index (χ1v) is 7.46. The SMILES string of the molecule is COc1ccc(C(C)NCC(=O)N2CCCCC2)c(F)c1. The average molecular weight is 294 g/mol.